The van der Waals surface area contributed by atoms with Gasteiger partial charge in [0.25, 0.3) is 5.91 Å². The maximum Gasteiger partial charge on any atom is 0.266 e. The highest BCUT2D eigenvalue weighted by molar-refractivity contribution is 8.18. The molecule has 1 saturated heterocycles. The van der Waals surface area contributed by atoms with Gasteiger partial charge in [0.15, 0.2) is 16.7 Å². The Bertz CT molecular complexity index is 916. The van der Waals surface area contributed by atoms with Gasteiger partial charge < -0.3 is 14.2 Å². The summed E-state index contributed by atoms with van der Waals surface area (Å²) in [6.45, 7) is 2.66. The zero-order chi connectivity index (χ0) is 20.8. The fourth-order valence-electron chi connectivity index (χ4n) is 2.96. The molecule has 0 N–H and O–H groups in total. The summed E-state index contributed by atoms with van der Waals surface area (Å²) in [4.78, 5) is 20.0. The average Bonchev–Trinajstić information content (AvgIpc) is 3.02. The Labute approximate surface area is 175 Å². The Morgan fingerprint density at radius 2 is 1.69 bits per heavy atom. The molecule has 0 aliphatic carbocycles. The number of hydrogen-bond donors (Lipinski definition) is 0. The summed E-state index contributed by atoms with van der Waals surface area (Å²) < 4.78 is 16.2. The number of para-hydroxylation sites is 1. The predicted molar refractivity (Wildman–Crippen MR) is 117 cm³/mol. The van der Waals surface area contributed by atoms with Gasteiger partial charge in [-0.2, -0.15) is 0 Å². The minimum atomic E-state index is -0.0553. The van der Waals surface area contributed by atoms with Gasteiger partial charge in [-0.25, -0.2) is 4.99 Å². The monoisotopic (exact) mass is 412 g/mol. The molecule has 0 unspecified atom stereocenters. The van der Waals surface area contributed by atoms with E-state index in [1.54, 1.807) is 26.2 Å². The first kappa shape index (κ1) is 20.8. The Kier molecular flexibility index (Phi) is 6.82. The first-order chi connectivity index (χ1) is 14.1. The largest absolute Gasteiger partial charge is 0.493 e. The van der Waals surface area contributed by atoms with E-state index in [1.807, 2.05) is 55.5 Å². The van der Waals surface area contributed by atoms with Crippen LogP contribution in [-0.4, -0.2) is 43.8 Å². The van der Waals surface area contributed by atoms with E-state index in [0.717, 1.165) is 17.7 Å². The van der Waals surface area contributed by atoms with E-state index in [1.165, 1.54) is 11.8 Å². The number of benzene rings is 2. The van der Waals surface area contributed by atoms with Crippen molar-refractivity contribution in [2.24, 2.45) is 4.99 Å². The van der Waals surface area contributed by atoms with Gasteiger partial charge >= 0.3 is 0 Å². The van der Waals surface area contributed by atoms with Crippen LogP contribution in [0, 0.1) is 0 Å². The number of ether oxygens (including phenoxy) is 3. The zero-order valence-electron chi connectivity index (χ0n) is 17.0. The van der Waals surface area contributed by atoms with Crippen LogP contribution >= 0.6 is 11.8 Å². The smallest absolute Gasteiger partial charge is 0.266 e. The predicted octanol–water partition coefficient (Wildman–Crippen LogP) is 4.73. The first-order valence-corrected chi connectivity index (χ1v) is 10.1. The Morgan fingerprint density at radius 1 is 1.03 bits per heavy atom. The lowest BCUT2D eigenvalue weighted by atomic mass is 10.1. The lowest BCUT2D eigenvalue weighted by Crippen LogP contribution is -2.29. The minimum absolute atomic E-state index is 0.0553. The number of nitrogens with zero attached hydrogens (tertiary/aromatic N) is 2. The van der Waals surface area contributed by atoms with Crippen LogP contribution < -0.4 is 14.2 Å². The van der Waals surface area contributed by atoms with Crippen LogP contribution in [-0.2, 0) is 4.79 Å². The number of carbonyl (C=O) groups is 1. The second-order valence-electron chi connectivity index (χ2n) is 6.26. The number of methoxy groups -OCH3 is 3. The SMILES string of the molecule is CCCN1C(=O)/C(=C\c2cc(OC)c(OC)c(OC)c2)SC1=Nc1ccccc1. The van der Waals surface area contributed by atoms with Gasteiger partial charge in [-0.05, 0) is 54.1 Å². The van der Waals surface area contributed by atoms with Crippen molar-refractivity contribution in [2.75, 3.05) is 27.9 Å². The summed E-state index contributed by atoms with van der Waals surface area (Å²) in [7, 11) is 4.69. The molecule has 1 aliphatic rings. The van der Waals surface area contributed by atoms with E-state index in [4.69, 9.17) is 14.2 Å². The van der Waals surface area contributed by atoms with Crippen molar-refractivity contribution in [3.8, 4) is 17.2 Å². The third kappa shape index (κ3) is 4.56. The van der Waals surface area contributed by atoms with Crippen molar-refractivity contribution in [1.82, 2.24) is 4.90 Å². The van der Waals surface area contributed by atoms with E-state index in [-0.39, 0.29) is 5.91 Å². The normalized spacial score (nSPS) is 16.6. The summed E-state index contributed by atoms with van der Waals surface area (Å²) >= 11 is 1.37. The molecule has 0 saturated carbocycles. The Morgan fingerprint density at radius 3 is 2.24 bits per heavy atom. The summed E-state index contributed by atoms with van der Waals surface area (Å²) in [5.41, 5.74) is 1.60. The van der Waals surface area contributed by atoms with E-state index >= 15 is 0 Å². The Balaban J connectivity index is 1.99. The van der Waals surface area contributed by atoms with Gasteiger partial charge in [-0.15, -0.1) is 0 Å². The molecule has 0 atom stereocenters. The number of carbonyl (C=O) groups excluding carboxylic acids is 1. The third-order valence-electron chi connectivity index (χ3n) is 4.30. The summed E-state index contributed by atoms with van der Waals surface area (Å²) in [5.74, 6) is 1.54. The highest BCUT2D eigenvalue weighted by Crippen LogP contribution is 2.40. The molecule has 152 valence electrons. The average molecular weight is 413 g/mol. The van der Waals surface area contributed by atoms with Gasteiger partial charge in [0, 0.05) is 6.54 Å². The summed E-state index contributed by atoms with van der Waals surface area (Å²) in [6.07, 6.45) is 2.67. The quantitative estimate of drug-likeness (QED) is 0.616. The van der Waals surface area contributed by atoms with Crippen LogP contribution in [0.2, 0.25) is 0 Å². The molecule has 1 fully saturated rings. The van der Waals surface area contributed by atoms with Crippen molar-refractivity contribution < 1.29 is 19.0 Å². The van der Waals surface area contributed by atoms with E-state index in [2.05, 4.69) is 4.99 Å². The fraction of sp³-hybridized carbons (Fsp3) is 0.273. The standard InChI is InChI=1S/C22H24N2O4S/c1-5-11-24-21(25)19(29-22(24)23-16-9-7-6-8-10-16)14-15-12-17(26-2)20(28-4)18(13-15)27-3/h6-10,12-14H,5,11H2,1-4H3/b19-14+,23-22?. The van der Waals surface area contributed by atoms with E-state index < -0.39 is 0 Å². The Hall–Kier alpha value is -2.93. The molecule has 0 radical (unpaired) electrons. The number of hydrogen-bond acceptors (Lipinski definition) is 6. The summed E-state index contributed by atoms with van der Waals surface area (Å²) in [5, 5.41) is 0.682. The second-order valence-corrected chi connectivity index (χ2v) is 7.27. The van der Waals surface area contributed by atoms with Crippen LogP contribution in [0.4, 0.5) is 5.69 Å². The fourth-order valence-corrected chi connectivity index (χ4v) is 3.99. The lowest BCUT2D eigenvalue weighted by Gasteiger charge is -2.14. The third-order valence-corrected chi connectivity index (χ3v) is 5.31. The number of rotatable bonds is 7. The summed E-state index contributed by atoms with van der Waals surface area (Å²) in [6, 6.07) is 13.3. The first-order valence-electron chi connectivity index (χ1n) is 9.26. The van der Waals surface area contributed by atoms with Gasteiger partial charge in [0.2, 0.25) is 5.75 Å². The molecule has 6 nitrogen and oxygen atoms in total. The molecule has 1 heterocycles. The van der Waals surface area contributed by atoms with E-state index in [0.29, 0.717) is 33.9 Å². The van der Waals surface area contributed by atoms with Crippen molar-refractivity contribution in [3.05, 3.63) is 52.9 Å². The second kappa shape index (κ2) is 9.52. The molecule has 0 aromatic heterocycles. The molecule has 1 aliphatic heterocycles. The van der Waals surface area contributed by atoms with Crippen LogP contribution in [0.1, 0.15) is 18.9 Å². The molecule has 7 heteroatoms. The highest BCUT2D eigenvalue weighted by Gasteiger charge is 2.33. The number of thioether (sulfide) groups is 1. The van der Waals surface area contributed by atoms with Crippen LogP contribution in [0.5, 0.6) is 17.2 Å². The molecule has 0 spiro atoms. The molecule has 2 aromatic carbocycles. The van der Waals surface area contributed by atoms with Gasteiger partial charge in [0.1, 0.15) is 0 Å². The maximum atomic E-state index is 13.0. The van der Waals surface area contributed by atoms with Gasteiger partial charge in [0.05, 0.1) is 31.9 Å². The minimum Gasteiger partial charge on any atom is -0.493 e. The van der Waals surface area contributed by atoms with Crippen LogP contribution in [0.25, 0.3) is 6.08 Å². The van der Waals surface area contributed by atoms with Gasteiger partial charge in [-0.1, -0.05) is 25.1 Å². The highest BCUT2D eigenvalue weighted by atomic mass is 32.2. The van der Waals surface area contributed by atoms with Crippen LogP contribution in [0.3, 0.4) is 0 Å². The molecular formula is C22H24N2O4S. The van der Waals surface area contributed by atoms with Gasteiger partial charge in [-0.3, -0.25) is 9.69 Å². The maximum absolute atomic E-state index is 13.0. The number of amidine groups is 1. The van der Waals surface area contributed by atoms with Crippen LogP contribution in [0.15, 0.2) is 52.4 Å². The number of amides is 1. The molecule has 2 aromatic rings. The lowest BCUT2D eigenvalue weighted by molar-refractivity contribution is -0.122. The van der Waals surface area contributed by atoms with Crippen molar-refractivity contribution >= 4 is 34.6 Å². The molecule has 3 rings (SSSR count). The van der Waals surface area contributed by atoms with Crippen molar-refractivity contribution in [1.29, 1.82) is 0 Å². The molecule has 0 bridgehead atoms. The molecule has 1 amide bonds. The van der Waals surface area contributed by atoms with Crippen molar-refractivity contribution in [3.63, 3.8) is 0 Å². The van der Waals surface area contributed by atoms with Crippen molar-refractivity contribution in [2.45, 2.75) is 13.3 Å². The molecular weight excluding hydrogens is 388 g/mol. The number of aliphatic imine (C=N–C) groups is 1. The molecule has 29 heavy (non-hydrogen) atoms. The zero-order valence-corrected chi connectivity index (χ0v) is 17.8. The topological polar surface area (TPSA) is 60.4 Å². The van der Waals surface area contributed by atoms with E-state index in [9.17, 15) is 4.79 Å².